The first-order valence-electron chi connectivity index (χ1n) is 46.8. The first-order valence-corrected chi connectivity index (χ1v) is 46.8. The van der Waals surface area contributed by atoms with Crippen LogP contribution in [-0.4, -0.2) is 504 Å². The fourth-order valence-corrected chi connectivity index (χ4v) is 19.1. The van der Waals surface area contributed by atoms with Gasteiger partial charge in [-0.2, -0.15) is 0 Å². The van der Waals surface area contributed by atoms with Crippen molar-refractivity contribution in [3.8, 4) is 0 Å². The van der Waals surface area contributed by atoms with E-state index in [-0.39, 0.29) is 81.0 Å². The number of anilines is 2. The van der Waals surface area contributed by atoms with Gasteiger partial charge < -0.3 is 243 Å². The second-order valence-corrected chi connectivity index (χ2v) is 36.3. The van der Waals surface area contributed by atoms with Gasteiger partial charge >= 0.3 is 47.7 Å². The average molecular weight is 2060 g/mol. The van der Waals surface area contributed by atoms with Gasteiger partial charge in [0.25, 0.3) is 0 Å². The number of benzene rings is 4. The molecule has 24 unspecified atom stereocenters. The molecular weight excluding hydrogens is 1930 g/mol. The summed E-state index contributed by atoms with van der Waals surface area (Å²) in [4.78, 5) is 51.4. The Balaban J connectivity index is 0.0000182. The summed E-state index contributed by atoms with van der Waals surface area (Å²) in [5.41, 5.74) is 0.739. The van der Waals surface area contributed by atoms with Gasteiger partial charge in [-0.15, -0.1) is 0 Å². The van der Waals surface area contributed by atoms with Crippen LogP contribution in [0.2, 0.25) is 0 Å². The Hall–Kier alpha value is -6.12. The van der Waals surface area contributed by atoms with Crippen molar-refractivity contribution in [2.45, 2.75) is 334 Å². The molecule has 4 aromatic rings. The number of hydrogen-bond donors (Lipinski definition) is 27. The molecule has 52 nitrogen and oxygen atoms in total. The monoisotopic (exact) mass is 2060 g/mol. The summed E-state index contributed by atoms with van der Waals surface area (Å²) in [7, 11) is 1.82. The van der Waals surface area contributed by atoms with Crippen LogP contribution in [0.5, 0.6) is 0 Å². The van der Waals surface area contributed by atoms with E-state index in [2.05, 4.69) is 30.7 Å². The van der Waals surface area contributed by atoms with Crippen LogP contribution in [0.4, 0.5) is 21.0 Å². The number of aliphatic hydroxyl groups is 22. The molecule has 2 amide bonds. The van der Waals surface area contributed by atoms with Crippen LogP contribution in [0.25, 0.3) is 21.5 Å². The number of carbonyl (C=O) groups is 4. The largest absolute Gasteiger partial charge is 1.00 e. The average Bonchev–Trinajstić information content (AvgIpc) is 0.761. The zero-order valence-corrected chi connectivity index (χ0v) is 80.4. The van der Waals surface area contributed by atoms with Crippen LogP contribution in [0.15, 0.2) is 84.9 Å². The smallest absolute Gasteiger partial charge is 0.547 e. The van der Waals surface area contributed by atoms with Gasteiger partial charge in [-0.3, -0.25) is 0 Å². The quantitative estimate of drug-likeness (QED) is 0.0145. The molecule has 0 spiro atoms. The minimum atomic E-state index is -2.48. The number of amides is 2. The van der Waals surface area contributed by atoms with E-state index >= 15 is 0 Å². The molecule has 9 aliphatic rings. The van der Waals surface area contributed by atoms with E-state index in [0.29, 0.717) is 37.1 Å². The van der Waals surface area contributed by atoms with E-state index < -0.39 is 333 Å². The maximum Gasteiger partial charge on any atom is 1.00 e. The number of aliphatic carboxylic acids is 2. The molecule has 27 N–H and O–H groups in total. The van der Waals surface area contributed by atoms with Crippen molar-refractivity contribution < 1.29 is 266 Å². The van der Waals surface area contributed by atoms with Gasteiger partial charge in [0.1, 0.15) is 201 Å². The molecule has 0 aromatic heterocycles. The number of methoxy groups -OCH3 is 2. The number of fused-ring (bicyclic) bond motifs is 2. The molecule has 1 aliphatic carbocycles. The van der Waals surface area contributed by atoms with Gasteiger partial charge in [0.15, 0.2) is 43.8 Å². The van der Waals surface area contributed by atoms with Gasteiger partial charge in [-0.25, -0.2) is 14.4 Å². The third kappa shape index (κ3) is 27.1. The summed E-state index contributed by atoms with van der Waals surface area (Å²) in [5, 5.41) is 284. The molecule has 1 saturated carbocycles. The zero-order chi connectivity index (χ0) is 103. The molecule has 13 rings (SSSR count). The van der Waals surface area contributed by atoms with E-state index in [1.165, 1.54) is 13.8 Å². The first-order chi connectivity index (χ1) is 68.0. The second kappa shape index (κ2) is 53.0. The normalized spacial score (nSPS) is 40.1. The van der Waals surface area contributed by atoms with E-state index in [0.717, 1.165) is 35.8 Å². The molecule has 143 heavy (non-hydrogen) atoms. The Kier molecular flexibility index (Phi) is 42.9. The number of carbonyl (C=O) groups excluding carboxylic acids is 3. The number of carboxylic acids is 2. The van der Waals surface area contributed by atoms with E-state index in [9.17, 15) is 142 Å². The third-order valence-electron chi connectivity index (χ3n) is 26.9. The van der Waals surface area contributed by atoms with Crippen molar-refractivity contribution in [2.24, 2.45) is 0 Å². The van der Waals surface area contributed by atoms with Crippen LogP contribution >= 0.6 is 0 Å². The van der Waals surface area contributed by atoms with Crippen LogP contribution in [0, 0.1) is 0 Å². The molecule has 8 aliphatic heterocycles. The summed E-state index contributed by atoms with van der Waals surface area (Å²) in [6, 6.07) is 18.3. The van der Waals surface area contributed by atoms with E-state index in [1.54, 1.807) is 48.5 Å². The van der Waals surface area contributed by atoms with Crippen molar-refractivity contribution in [3.63, 3.8) is 0 Å². The molecule has 8 heterocycles. The van der Waals surface area contributed by atoms with Crippen LogP contribution in [0.3, 0.4) is 0 Å². The minimum Gasteiger partial charge on any atom is -0.547 e. The number of rotatable bonds is 42. The maximum absolute atomic E-state index is 13.0. The molecule has 9 fully saturated rings. The summed E-state index contributed by atoms with van der Waals surface area (Å²) in [6.45, 7) is -3.83. The van der Waals surface area contributed by atoms with Gasteiger partial charge in [-0.1, -0.05) is 60.7 Å². The summed E-state index contributed by atoms with van der Waals surface area (Å²) >= 11 is 0. The predicted octanol–water partition coefficient (Wildman–Crippen LogP) is -13.6. The molecule has 0 radical (unpaired) electrons. The maximum atomic E-state index is 13.0. The molecular formula is C90H131N4NaO48. The molecule has 8 saturated heterocycles. The van der Waals surface area contributed by atoms with Gasteiger partial charge in [0.2, 0.25) is 0 Å². The summed E-state index contributed by atoms with van der Waals surface area (Å²) < 4.78 is 122. The second-order valence-electron chi connectivity index (χ2n) is 36.3. The van der Waals surface area contributed by atoms with Crippen molar-refractivity contribution in [3.05, 3.63) is 84.9 Å². The van der Waals surface area contributed by atoms with Crippen LogP contribution < -0.4 is 55.9 Å². The Morgan fingerprint density at radius 3 is 1.11 bits per heavy atom. The summed E-state index contributed by atoms with van der Waals surface area (Å²) in [6.07, 6.45) is -79.5. The van der Waals surface area contributed by atoms with Crippen molar-refractivity contribution in [2.75, 3.05) is 90.9 Å². The van der Waals surface area contributed by atoms with E-state index in [4.69, 9.17) is 85.3 Å². The number of alkyl carbamates (subject to hydrolysis) is 2. The third-order valence-corrected chi connectivity index (χ3v) is 26.9. The standard InChI is InChI=1S/C90H132N4O48.Na/c1-35-55(103)63(111)65(113)85(129-35)141-73-53(91-41-20-18-37-12-5-7-14-39(37)26-41)83(133-49(33-99)69(73)139-87-67(115)75(59(107)47(31-97)131-87)137-77-61(109)51(93-89(121)123-3)71(57(105)45(101)29-95)135-79(77)81(117)118)127-24-10-22-125-43-16-9-17-44(28-43)126-23-11-25-128-84-54(92-42-21-19-38-13-6-8-15-40(38)27-42)74(142-86-66(114)64(112)56(104)36(2)130-86)70(50(34-100)134-84)140-88-68(116)76(60(108)48(32-98)132-88)138-78-62(110)52(94-90(122)124-4)72(58(106)46(102)30-96)136-80(78)82(119)120;/h5-8,12-15,18-21,26-27,35-36,43-80,83-88,91-92,95-116H,9-11,16-17,22-25,28-34H2,1-4H3,(H,93,121)(H,94,122)(H,117,118)(H,119,120);/q;+1/p-1/t35?,36?,43-,44+,45-,46-,47?,48?,49?,50?,51-,52-,53?,54?,55+,56+,57-,58-,59+,60+,61?,62?,63?,64?,65?,66?,67?,68?,69-,70-,71?,72?,73?,74?,75?,76?,77?,78?,79-,80-,83-,84-,85+,86+,87+,88+;/m1./s1. The van der Waals surface area contributed by atoms with Crippen LogP contribution in [0.1, 0.15) is 52.4 Å². The molecule has 53 heteroatoms. The topological polar surface area (TPSA) is 789 Å². The van der Waals surface area contributed by atoms with Crippen molar-refractivity contribution in [1.29, 1.82) is 0 Å². The SMILES string of the molecule is COC(=O)N[C@@H]1C(O)C(OC2C(O)[C@H](O[C@@H]3C(CO)O[C@@H](OCCCO[C@H]4CCC[C@@H](OCCCO[C@@H]5OC(CO)[C@@H](O[C@@H]6OC(CO)[C@H](O)C(OC7C(O)[C@@H](NC(=O)OC)C([C@H](O)[C@H](O)CO)O[C@H]7C(=O)O)C6O)C(O[C@@H]6OC(C)[C@H](O)C(O)C6O)C5Nc5ccc6ccccc6c5)C4)C(Nc4ccc5ccccc5c4)C3O[C@@H]3OC(C)[C@H](O)C(O)C3O)OC(CO)[C@@H]2O)[C@H](C(=O)[O-])OC1[C@H](O)[C@H](O)CO.[Na+]. The number of carboxylic acid groups (broad SMARTS) is 2. The number of ether oxygens (including phenoxy) is 20. The number of hydrogen-bond acceptors (Lipinski definition) is 49. The minimum absolute atomic E-state index is 0. The Morgan fingerprint density at radius 2 is 0.741 bits per heavy atom. The van der Waals surface area contributed by atoms with Gasteiger partial charge in [0, 0.05) is 24.6 Å². The zero-order valence-electron chi connectivity index (χ0n) is 78.4. The van der Waals surface area contributed by atoms with Gasteiger partial charge in [0.05, 0.1) is 110 Å². The Labute approximate surface area is 839 Å². The molecule has 46 atom stereocenters. The molecule has 800 valence electrons. The number of aliphatic hydroxyl groups excluding tert-OH is 22. The predicted molar refractivity (Wildman–Crippen MR) is 469 cm³/mol. The molecule has 4 aromatic carbocycles. The van der Waals surface area contributed by atoms with Crippen molar-refractivity contribution >= 4 is 57.0 Å². The Bertz CT molecular complexity index is 4340. The Morgan fingerprint density at radius 1 is 0.385 bits per heavy atom. The first kappa shape index (κ1) is 116. The van der Waals surface area contributed by atoms with Crippen molar-refractivity contribution in [1.82, 2.24) is 10.6 Å². The van der Waals surface area contributed by atoms with Crippen LogP contribution in [-0.2, 0) is 104 Å². The fraction of sp³-hybridized carbons (Fsp3) is 0.733. The summed E-state index contributed by atoms with van der Waals surface area (Å²) in [5.74, 6) is -4.04. The van der Waals surface area contributed by atoms with E-state index in [1.807, 2.05) is 36.4 Å². The number of nitrogens with one attached hydrogen (secondary N) is 4. The molecule has 0 bridgehead atoms. The van der Waals surface area contributed by atoms with Gasteiger partial charge in [-0.05, 0) is 98.2 Å². The fourth-order valence-electron chi connectivity index (χ4n) is 19.1.